The first-order valence-corrected chi connectivity index (χ1v) is 7.44. The maximum atomic E-state index is 12.6. The Morgan fingerprint density at radius 3 is 2.38 bits per heavy atom. The second kappa shape index (κ2) is 5.88. The van der Waals surface area contributed by atoms with Gasteiger partial charge in [-0.3, -0.25) is 9.59 Å². The number of carboxylic acid groups (broad SMARTS) is 1. The number of hydrogen-bond acceptors (Lipinski definition) is 2. The molecule has 0 aliphatic carbocycles. The summed E-state index contributed by atoms with van der Waals surface area (Å²) >= 11 is 0. The van der Waals surface area contributed by atoms with Crippen LogP contribution in [0.3, 0.4) is 0 Å². The first-order chi connectivity index (χ1) is 9.86. The average Bonchev–Trinajstić information content (AvgIpc) is 2.92. The van der Waals surface area contributed by atoms with Crippen LogP contribution in [0.5, 0.6) is 0 Å². The second-order valence-corrected chi connectivity index (χ2v) is 6.41. The summed E-state index contributed by atoms with van der Waals surface area (Å²) in [6.07, 6.45) is 0.746. The van der Waals surface area contributed by atoms with E-state index in [1.807, 2.05) is 51.1 Å². The molecule has 114 valence electrons. The van der Waals surface area contributed by atoms with Crippen molar-refractivity contribution in [2.45, 2.75) is 33.1 Å². The van der Waals surface area contributed by atoms with Crippen LogP contribution in [0.2, 0.25) is 0 Å². The number of amides is 1. The van der Waals surface area contributed by atoms with Crippen molar-refractivity contribution in [1.29, 1.82) is 0 Å². The van der Waals surface area contributed by atoms with Gasteiger partial charge in [-0.1, -0.05) is 51.1 Å². The van der Waals surface area contributed by atoms with Crippen molar-refractivity contribution in [1.82, 2.24) is 4.90 Å². The van der Waals surface area contributed by atoms with Gasteiger partial charge < -0.3 is 10.0 Å². The predicted octanol–water partition coefficient (Wildman–Crippen LogP) is 2.75. The topological polar surface area (TPSA) is 57.6 Å². The van der Waals surface area contributed by atoms with Crippen LogP contribution in [0, 0.1) is 11.3 Å². The van der Waals surface area contributed by atoms with E-state index in [1.54, 1.807) is 4.90 Å². The first-order valence-electron chi connectivity index (χ1n) is 7.44. The van der Waals surface area contributed by atoms with Crippen LogP contribution < -0.4 is 0 Å². The summed E-state index contributed by atoms with van der Waals surface area (Å²) in [6, 6.07) is 9.62. The summed E-state index contributed by atoms with van der Waals surface area (Å²) in [4.78, 5) is 25.8. The lowest BCUT2D eigenvalue weighted by molar-refractivity contribution is -0.142. The minimum absolute atomic E-state index is 0.0506. The van der Waals surface area contributed by atoms with E-state index >= 15 is 0 Å². The van der Waals surface area contributed by atoms with E-state index in [1.165, 1.54) is 0 Å². The van der Waals surface area contributed by atoms with Crippen LogP contribution in [0.15, 0.2) is 30.3 Å². The van der Waals surface area contributed by atoms with Crippen LogP contribution in [0.4, 0.5) is 0 Å². The number of likely N-dealkylation sites (tertiary alicyclic amines) is 1. The monoisotopic (exact) mass is 289 g/mol. The molecule has 0 saturated carbocycles. The largest absolute Gasteiger partial charge is 0.481 e. The minimum atomic E-state index is -0.826. The number of hydrogen-bond donors (Lipinski definition) is 1. The van der Waals surface area contributed by atoms with Crippen LogP contribution in [-0.4, -0.2) is 35.0 Å². The molecule has 1 aromatic carbocycles. The third kappa shape index (κ3) is 3.09. The van der Waals surface area contributed by atoms with Crippen molar-refractivity contribution in [3.8, 4) is 0 Å². The molecule has 1 N–H and O–H groups in total. The van der Waals surface area contributed by atoms with Gasteiger partial charge >= 0.3 is 5.97 Å². The highest BCUT2D eigenvalue weighted by atomic mass is 16.4. The summed E-state index contributed by atoms with van der Waals surface area (Å²) in [5, 5.41) is 9.47. The quantitative estimate of drug-likeness (QED) is 0.927. The van der Waals surface area contributed by atoms with E-state index in [4.69, 9.17) is 0 Å². The molecule has 4 nitrogen and oxygen atoms in total. The van der Waals surface area contributed by atoms with Crippen LogP contribution in [-0.2, 0) is 9.59 Å². The third-order valence-corrected chi connectivity index (χ3v) is 4.61. The number of nitrogens with zero attached hydrogens (tertiary/aromatic N) is 1. The van der Waals surface area contributed by atoms with Gasteiger partial charge in [0.25, 0.3) is 0 Å². The van der Waals surface area contributed by atoms with Gasteiger partial charge in [0, 0.05) is 24.4 Å². The normalized spacial score (nSPS) is 22.3. The summed E-state index contributed by atoms with van der Waals surface area (Å²) in [5.41, 5.74) is 0.559. The zero-order valence-corrected chi connectivity index (χ0v) is 12.9. The Morgan fingerprint density at radius 2 is 1.86 bits per heavy atom. The van der Waals surface area contributed by atoms with Crippen molar-refractivity contribution < 1.29 is 14.7 Å². The SMILES string of the molecule is CCC(C)(C)C(=O)N1C[C@H](C(=O)O)[C@H](c2ccccc2)C1. The Balaban J connectivity index is 2.24. The molecule has 1 aliphatic rings. The Labute approximate surface area is 125 Å². The Hall–Kier alpha value is -1.84. The van der Waals surface area contributed by atoms with E-state index in [0.717, 1.165) is 12.0 Å². The fraction of sp³-hybridized carbons (Fsp3) is 0.529. The lowest BCUT2D eigenvalue weighted by atomic mass is 9.88. The predicted molar refractivity (Wildman–Crippen MR) is 81.0 cm³/mol. The number of benzene rings is 1. The molecule has 0 radical (unpaired) electrons. The zero-order valence-electron chi connectivity index (χ0n) is 12.9. The van der Waals surface area contributed by atoms with E-state index in [9.17, 15) is 14.7 Å². The molecule has 1 amide bonds. The van der Waals surface area contributed by atoms with Crippen molar-refractivity contribution >= 4 is 11.9 Å². The standard InChI is InChI=1S/C17H23NO3/c1-4-17(2,3)16(21)18-10-13(14(11-18)15(19)20)12-8-6-5-7-9-12/h5-9,13-14H,4,10-11H2,1-3H3,(H,19,20)/t13-,14-/m0/s1. The lowest BCUT2D eigenvalue weighted by Crippen LogP contribution is -2.39. The lowest BCUT2D eigenvalue weighted by Gasteiger charge is -2.28. The fourth-order valence-corrected chi connectivity index (χ4v) is 2.84. The first kappa shape index (κ1) is 15.5. The van der Waals surface area contributed by atoms with Gasteiger partial charge in [-0.2, -0.15) is 0 Å². The molecular weight excluding hydrogens is 266 g/mol. The molecule has 1 saturated heterocycles. The van der Waals surface area contributed by atoms with Crippen LogP contribution in [0.25, 0.3) is 0 Å². The number of carboxylic acids is 1. The molecular formula is C17H23NO3. The maximum Gasteiger partial charge on any atom is 0.308 e. The van der Waals surface area contributed by atoms with E-state index < -0.39 is 17.3 Å². The number of carbonyl (C=O) groups excluding carboxylic acids is 1. The van der Waals surface area contributed by atoms with Gasteiger partial charge in [0.1, 0.15) is 0 Å². The van der Waals surface area contributed by atoms with Crippen LogP contribution in [0.1, 0.15) is 38.7 Å². The van der Waals surface area contributed by atoms with Gasteiger partial charge in [-0.25, -0.2) is 0 Å². The van der Waals surface area contributed by atoms with E-state index in [0.29, 0.717) is 13.1 Å². The highest BCUT2D eigenvalue weighted by molar-refractivity contribution is 5.84. The number of carbonyl (C=O) groups is 2. The second-order valence-electron chi connectivity index (χ2n) is 6.41. The van der Waals surface area contributed by atoms with Gasteiger partial charge in [-0.05, 0) is 12.0 Å². The van der Waals surface area contributed by atoms with Crippen molar-refractivity contribution in [3.05, 3.63) is 35.9 Å². The minimum Gasteiger partial charge on any atom is -0.481 e. The summed E-state index contributed by atoms with van der Waals surface area (Å²) in [7, 11) is 0. The molecule has 4 heteroatoms. The molecule has 0 aromatic heterocycles. The highest BCUT2D eigenvalue weighted by Gasteiger charge is 2.43. The van der Waals surface area contributed by atoms with Crippen molar-refractivity contribution in [2.24, 2.45) is 11.3 Å². The Bertz CT molecular complexity index is 524. The Morgan fingerprint density at radius 1 is 1.24 bits per heavy atom. The number of rotatable bonds is 4. The molecule has 0 bridgehead atoms. The highest BCUT2D eigenvalue weighted by Crippen LogP contribution is 2.35. The molecule has 0 unspecified atom stereocenters. The molecule has 0 spiro atoms. The average molecular weight is 289 g/mol. The third-order valence-electron chi connectivity index (χ3n) is 4.61. The van der Waals surface area contributed by atoms with Gasteiger partial charge in [-0.15, -0.1) is 0 Å². The Kier molecular flexibility index (Phi) is 4.35. The van der Waals surface area contributed by atoms with E-state index in [-0.39, 0.29) is 11.8 Å². The van der Waals surface area contributed by atoms with Gasteiger partial charge in [0.05, 0.1) is 5.92 Å². The van der Waals surface area contributed by atoms with Gasteiger partial charge in [0.15, 0.2) is 0 Å². The summed E-state index contributed by atoms with van der Waals surface area (Å²) < 4.78 is 0. The molecule has 1 heterocycles. The molecule has 21 heavy (non-hydrogen) atoms. The molecule has 1 fully saturated rings. The molecule has 1 aliphatic heterocycles. The zero-order chi connectivity index (χ0) is 15.6. The van der Waals surface area contributed by atoms with Gasteiger partial charge in [0.2, 0.25) is 5.91 Å². The fourth-order valence-electron chi connectivity index (χ4n) is 2.84. The molecule has 1 aromatic rings. The summed E-state index contributed by atoms with van der Waals surface area (Å²) in [5.74, 6) is -1.42. The van der Waals surface area contributed by atoms with Crippen molar-refractivity contribution in [3.63, 3.8) is 0 Å². The number of aliphatic carboxylic acids is 1. The summed E-state index contributed by atoms with van der Waals surface area (Å²) in [6.45, 7) is 6.61. The van der Waals surface area contributed by atoms with Crippen LogP contribution >= 0.6 is 0 Å². The maximum absolute atomic E-state index is 12.6. The van der Waals surface area contributed by atoms with E-state index in [2.05, 4.69) is 0 Å². The van der Waals surface area contributed by atoms with Crippen molar-refractivity contribution in [2.75, 3.05) is 13.1 Å². The molecule has 2 rings (SSSR count). The smallest absolute Gasteiger partial charge is 0.308 e. The molecule has 2 atom stereocenters.